The molecule has 1 N–H and O–H groups in total. The van der Waals surface area contributed by atoms with Gasteiger partial charge in [0.25, 0.3) is 5.91 Å². The van der Waals surface area contributed by atoms with Crippen LogP contribution in [0, 0.1) is 6.92 Å². The highest BCUT2D eigenvalue weighted by atomic mass is 16.5. The van der Waals surface area contributed by atoms with Gasteiger partial charge in [0.05, 0.1) is 5.69 Å². The molecule has 0 atom stereocenters. The van der Waals surface area contributed by atoms with E-state index in [0.717, 1.165) is 13.0 Å². The van der Waals surface area contributed by atoms with Gasteiger partial charge in [0.1, 0.15) is 0 Å². The Morgan fingerprint density at radius 1 is 1.35 bits per heavy atom. The molecule has 2 rings (SSSR count). The molecule has 5 nitrogen and oxygen atoms in total. The SMILES string of the molecule is Cc1cc(C(=O)NCCCN(C)c2ccccc2)on1. The molecule has 2 aromatic rings. The summed E-state index contributed by atoms with van der Waals surface area (Å²) >= 11 is 0. The van der Waals surface area contributed by atoms with E-state index in [9.17, 15) is 4.79 Å². The highest BCUT2D eigenvalue weighted by Gasteiger charge is 2.10. The van der Waals surface area contributed by atoms with E-state index in [1.54, 1.807) is 13.0 Å². The minimum atomic E-state index is -0.215. The molecule has 0 aliphatic carbocycles. The Labute approximate surface area is 118 Å². The van der Waals surface area contributed by atoms with Crippen LogP contribution in [0.3, 0.4) is 0 Å². The average molecular weight is 273 g/mol. The van der Waals surface area contributed by atoms with Crippen LogP contribution in [0.15, 0.2) is 40.9 Å². The lowest BCUT2D eigenvalue weighted by Gasteiger charge is -2.19. The van der Waals surface area contributed by atoms with Crippen LogP contribution < -0.4 is 10.2 Å². The molecule has 0 unspecified atom stereocenters. The summed E-state index contributed by atoms with van der Waals surface area (Å²) in [7, 11) is 2.04. The van der Waals surface area contributed by atoms with Gasteiger partial charge in [0.2, 0.25) is 5.76 Å². The Morgan fingerprint density at radius 3 is 2.75 bits per heavy atom. The lowest BCUT2D eigenvalue weighted by Crippen LogP contribution is -2.27. The number of para-hydroxylation sites is 1. The summed E-state index contributed by atoms with van der Waals surface area (Å²) in [6.07, 6.45) is 0.865. The van der Waals surface area contributed by atoms with Crippen LogP contribution in [-0.2, 0) is 0 Å². The van der Waals surface area contributed by atoms with Gasteiger partial charge in [-0.1, -0.05) is 23.4 Å². The molecule has 0 fully saturated rings. The summed E-state index contributed by atoms with van der Waals surface area (Å²) < 4.78 is 4.90. The maximum atomic E-state index is 11.7. The normalized spacial score (nSPS) is 10.3. The Hall–Kier alpha value is -2.30. The summed E-state index contributed by atoms with van der Waals surface area (Å²) in [5.41, 5.74) is 1.88. The van der Waals surface area contributed by atoms with Crippen molar-refractivity contribution in [2.45, 2.75) is 13.3 Å². The zero-order valence-electron chi connectivity index (χ0n) is 11.8. The highest BCUT2D eigenvalue weighted by molar-refractivity contribution is 5.91. The Bertz CT molecular complexity index is 551. The van der Waals surface area contributed by atoms with Crippen LogP contribution in [0.25, 0.3) is 0 Å². The fourth-order valence-electron chi connectivity index (χ4n) is 1.89. The van der Waals surface area contributed by atoms with Crippen LogP contribution in [0.2, 0.25) is 0 Å². The molecular weight excluding hydrogens is 254 g/mol. The third-order valence-electron chi connectivity index (χ3n) is 3.00. The second-order valence-electron chi connectivity index (χ2n) is 4.70. The smallest absolute Gasteiger partial charge is 0.289 e. The van der Waals surface area contributed by atoms with E-state index in [0.29, 0.717) is 12.2 Å². The number of hydrogen-bond acceptors (Lipinski definition) is 4. The molecule has 1 heterocycles. The van der Waals surface area contributed by atoms with Gasteiger partial charge in [-0.25, -0.2) is 0 Å². The third kappa shape index (κ3) is 3.85. The number of benzene rings is 1. The molecule has 0 saturated heterocycles. The molecule has 1 aromatic carbocycles. The zero-order valence-corrected chi connectivity index (χ0v) is 11.8. The van der Waals surface area contributed by atoms with Crippen LogP contribution in [-0.4, -0.2) is 31.2 Å². The predicted octanol–water partition coefficient (Wildman–Crippen LogP) is 2.24. The molecule has 0 aliphatic rings. The fourth-order valence-corrected chi connectivity index (χ4v) is 1.89. The molecule has 0 radical (unpaired) electrons. The number of carbonyl (C=O) groups excluding carboxylic acids is 1. The summed E-state index contributed by atoms with van der Waals surface area (Å²) in [6, 6.07) is 11.8. The van der Waals surface area contributed by atoms with Gasteiger partial charge in [-0.05, 0) is 25.5 Å². The first-order valence-electron chi connectivity index (χ1n) is 6.64. The molecule has 0 spiro atoms. The summed E-state index contributed by atoms with van der Waals surface area (Å²) in [5.74, 6) is 0.0480. The van der Waals surface area contributed by atoms with Crippen molar-refractivity contribution in [2.24, 2.45) is 0 Å². The average Bonchev–Trinajstić information content (AvgIpc) is 2.91. The van der Waals surface area contributed by atoms with Crippen molar-refractivity contribution in [1.82, 2.24) is 10.5 Å². The van der Waals surface area contributed by atoms with Gasteiger partial charge >= 0.3 is 0 Å². The van der Waals surface area contributed by atoms with Crippen molar-refractivity contribution in [3.05, 3.63) is 47.9 Å². The monoisotopic (exact) mass is 273 g/mol. The maximum Gasteiger partial charge on any atom is 0.289 e. The molecule has 20 heavy (non-hydrogen) atoms. The van der Waals surface area contributed by atoms with E-state index in [1.165, 1.54) is 5.69 Å². The number of nitrogens with zero attached hydrogens (tertiary/aromatic N) is 2. The standard InChI is InChI=1S/C15H19N3O2/c1-12-11-14(20-17-12)15(19)16-9-6-10-18(2)13-7-4-3-5-8-13/h3-5,7-8,11H,6,9-10H2,1-2H3,(H,16,19). The Kier molecular flexibility index (Phi) is 4.76. The number of hydrogen-bond donors (Lipinski definition) is 1. The van der Waals surface area contributed by atoms with Gasteiger partial charge in [-0.15, -0.1) is 0 Å². The number of amides is 1. The first-order chi connectivity index (χ1) is 9.66. The number of anilines is 1. The van der Waals surface area contributed by atoms with Crippen molar-refractivity contribution >= 4 is 11.6 Å². The zero-order chi connectivity index (χ0) is 14.4. The van der Waals surface area contributed by atoms with Gasteiger partial charge in [-0.3, -0.25) is 4.79 Å². The third-order valence-corrected chi connectivity index (χ3v) is 3.00. The Morgan fingerprint density at radius 2 is 2.10 bits per heavy atom. The van der Waals surface area contributed by atoms with Gasteiger partial charge < -0.3 is 14.7 Å². The second-order valence-corrected chi connectivity index (χ2v) is 4.70. The van der Waals surface area contributed by atoms with Crippen molar-refractivity contribution in [1.29, 1.82) is 0 Å². The summed E-state index contributed by atoms with van der Waals surface area (Å²) in [4.78, 5) is 13.9. The quantitative estimate of drug-likeness (QED) is 0.820. The van der Waals surface area contributed by atoms with Gasteiger partial charge in [0, 0.05) is 31.9 Å². The molecule has 0 aliphatic heterocycles. The molecule has 5 heteroatoms. The van der Waals surface area contributed by atoms with E-state index in [4.69, 9.17) is 4.52 Å². The summed E-state index contributed by atoms with van der Waals surface area (Å²) in [6.45, 7) is 3.27. The largest absolute Gasteiger partial charge is 0.375 e. The first-order valence-corrected chi connectivity index (χ1v) is 6.64. The highest BCUT2D eigenvalue weighted by Crippen LogP contribution is 2.10. The predicted molar refractivity (Wildman–Crippen MR) is 77.9 cm³/mol. The van der Waals surface area contributed by atoms with Crippen molar-refractivity contribution in [3.63, 3.8) is 0 Å². The molecule has 0 saturated carbocycles. The molecule has 106 valence electrons. The lowest BCUT2D eigenvalue weighted by atomic mass is 10.3. The van der Waals surface area contributed by atoms with Crippen molar-refractivity contribution in [2.75, 3.05) is 25.0 Å². The van der Waals surface area contributed by atoms with Crippen LogP contribution in [0.4, 0.5) is 5.69 Å². The molecule has 0 bridgehead atoms. The van der Waals surface area contributed by atoms with Crippen LogP contribution in [0.5, 0.6) is 0 Å². The van der Waals surface area contributed by atoms with E-state index >= 15 is 0 Å². The first kappa shape index (κ1) is 14.1. The van der Waals surface area contributed by atoms with Crippen LogP contribution >= 0.6 is 0 Å². The lowest BCUT2D eigenvalue weighted by molar-refractivity contribution is 0.0916. The van der Waals surface area contributed by atoms with Crippen molar-refractivity contribution in [3.8, 4) is 0 Å². The minimum Gasteiger partial charge on any atom is -0.375 e. The maximum absolute atomic E-state index is 11.7. The second kappa shape index (κ2) is 6.75. The van der Waals surface area contributed by atoms with Gasteiger partial charge in [-0.2, -0.15) is 0 Å². The fraction of sp³-hybridized carbons (Fsp3) is 0.333. The number of carbonyl (C=O) groups is 1. The number of nitrogens with one attached hydrogen (secondary N) is 1. The minimum absolute atomic E-state index is 0.215. The Balaban J connectivity index is 1.70. The number of aryl methyl sites for hydroxylation is 1. The van der Waals surface area contributed by atoms with E-state index in [2.05, 4.69) is 27.5 Å². The number of rotatable bonds is 6. The topological polar surface area (TPSA) is 58.4 Å². The molecule has 1 amide bonds. The van der Waals surface area contributed by atoms with E-state index in [1.807, 2.05) is 25.2 Å². The van der Waals surface area contributed by atoms with Crippen molar-refractivity contribution < 1.29 is 9.32 Å². The van der Waals surface area contributed by atoms with E-state index in [-0.39, 0.29) is 11.7 Å². The summed E-state index contributed by atoms with van der Waals surface area (Å²) in [5, 5.41) is 6.51. The molecular formula is C15H19N3O2. The molecule has 1 aromatic heterocycles. The van der Waals surface area contributed by atoms with E-state index < -0.39 is 0 Å². The van der Waals surface area contributed by atoms with Crippen LogP contribution in [0.1, 0.15) is 22.7 Å². The number of aromatic nitrogens is 1. The van der Waals surface area contributed by atoms with Gasteiger partial charge in [0.15, 0.2) is 0 Å².